The van der Waals surface area contributed by atoms with Gasteiger partial charge in [0.25, 0.3) is 0 Å². The molecule has 1 heteroatoms. The lowest BCUT2D eigenvalue weighted by molar-refractivity contribution is 0.148. The van der Waals surface area contributed by atoms with Crippen LogP contribution in [0.25, 0.3) is 0 Å². The van der Waals surface area contributed by atoms with Crippen molar-refractivity contribution in [3.8, 4) is 0 Å². The van der Waals surface area contributed by atoms with E-state index in [1.165, 1.54) is 19.3 Å². The number of aliphatic hydroxyl groups excluding tert-OH is 1. The second-order valence-electron chi connectivity index (χ2n) is 3.71. The van der Waals surface area contributed by atoms with Crippen molar-refractivity contribution in [3.05, 3.63) is 12.7 Å². The highest BCUT2D eigenvalue weighted by atomic mass is 16.3. The normalized spacial score (nSPS) is 46.3. The van der Waals surface area contributed by atoms with E-state index < -0.39 is 0 Å². The van der Waals surface area contributed by atoms with Gasteiger partial charge in [-0.1, -0.05) is 6.08 Å². The van der Waals surface area contributed by atoms with Crippen LogP contribution < -0.4 is 0 Å². The first-order chi connectivity index (χ1) is 4.81. The maximum absolute atomic E-state index is 9.38. The molecule has 0 aromatic rings. The van der Waals surface area contributed by atoms with E-state index >= 15 is 0 Å². The number of rotatable bonds is 2. The van der Waals surface area contributed by atoms with E-state index in [9.17, 15) is 5.11 Å². The minimum Gasteiger partial charge on any atom is -0.389 e. The molecular weight excluding hydrogens is 124 g/mol. The van der Waals surface area contributed by atoms with Crippen LogP contribution in [0.15, 0.2) is 12.7 Å². The van der Waals surface area contributed by atoms with Crippen molar-refractivity contribution in [2.24, 2.45) is 17.8 Å². The Bertz CT molecular complexity index is 143. The summed E-state index contributed by atoms with van der Waals surface area (Å²) in [6.07, 6.45) is 5.37. The van der Waals surface area contributed by atoms with Crippen LogP contribution in [0.4, 0.5) is 0 Å². The smallest absolute Gasteiger partial charge is 0.0746 e. The minimum absolute atomic E-state index is 0.229. The summed E-state index contributed by atoms with van der Waals surface area (Å²) < 4.78 is 0. The van der Waals surface area contributed by atoms with Crippen molar-refractivity contribution in [2.75, 3.05) is 0 Å². The van der Waals surface area contributed by atoms with Gasteiger partial charge in [0.05, 0.1) is 6.10 Å². The molecule has 0 aromatic heterocycles. The van der Waals surface area contributed by atoms with Gasteiger partial charge in [0.15, 0.2) is 0 Å². The molecule has 1 N–H and O–H groups in total. The summed E-state index contributed by atoms with van der Waals surface area (Å²) in [5.74, 6) is 2.49. The Hall–Kier alpha value is -0.300. The van der Waals surface area contributed by atoms with Gasteiger partial charge in [-0.15, -0.1) is 6.58 Å². The second-order valence-corrected chi connectivity index (χ2v) is 3.71. The monoisotopic (exact) mass is 138 g/mol. The molecule has 0 spiro atoms. The molecule has 0 bridgehead atoms. The first kappa shape index (κ1) is 6.41. The van der Waals surface area contributed by atoms with E-state index in [0.29, 0.717) is 5.92 Å². The summed E-state index contributed by atoms with van der Waals surface area (Å²) >= 11 is 0. The van der Waals surface area contributed by atoms with Crippen LogP contribution in [0, 0.1) is 17.8 Å². The van der Waals surface area contributed by atoms with Crippen LogP contribution in [0.2, 0.25) is 0 Å². The van der Waals surface area contributed by atoms with Gasteiger partial charge in [-0.3, -0.25) is 0 Å². The van der Waals surface area contributed by atoms with E-state index in [0.717, 1.165) is 11.8 Å². The third kappa shape index (κ3) is 0.891. The average molecular weight is 138 g/mol. The van der Waals surface area contributed by atoms with Gasteiger partial charge in [-0.05, 0) is 37.0 Å². The van der Waals surface area contributed by atoms with Crippen molar-refractivity contribution in [1.82, 2.24) is 0 Å². The highest BCUT2D eigenvalue weighted by molar-refractivity contribution is 5.00. The highest BCUT2D eigenvalue weighted by Gasteiger charge is 2.47. The largest absolute Gasteiger partial charge is 0.389 e. The molecule has 0 amide bonds. The van der Waals surface area contributed by atoms with Gasteiger partial charge in [0.2, 0.25) is 0 Å². The third-order valence-corrected chi connectivity index (χ3v) is 3.00. The first-order valence-corrected chi connectivity index (χ1v) is 4.12. The summed E-state index contributed by atoms with van der Waals surface area (Å²) in [7, 11) is 0. The van der Waals surface area contributed by atoms with Crippen LogP contribution in [0.5, 0.6) is 0 Å². The Labute approximate surface area is 61.8 Å². The second kappa shape index (κ2) is 2.09. The van der Waals surface area contributed by atoms with Crippen LogP contribution in [-0.4, -0.2) is 11.2 Å². The summed E-state index contributed by atoms with van der Waals surface area (Å²) in [4.78, 5) is 0. The van der Waals surface area contributed by atoms with Crippen molar-refractivity contribution < 1.29 is 5.11 Å². The average Bonchev–Trinajstić information content (AvgIpc) is 2.57. The van der Waals surface area contributed by atoms with Gasteiger partial charge >= 0.3 is 0 Å². The van der Waals surface area contributed by atoms with Crippen LogP contribution in [-0.2, 0) is 0 Å². The number of hydrogen-bond acceptors (Lipinski definition) is 1. The van der Waals surface area contributed by atoms with Crippen LogP contribution in [0.3, 0.4) is 0 Å². The zero-order valence-corrected chi connectivity index (χ0v) is 6.16. The van der Waals surface area contributed by atoms with Gasteiger partial charge < -0.3 is 5.11 Å². The lowest BCUT2D eigenvalue weighted by Crippen LogP contribution is -2.15. The fourth-order valence-electron chi connectivity index (χ4n) is 2.23. The number of fused-ring (bicyclic) bond motifs is 1. The molecule has 0 heterocycles. The molecule has 2 fully saturated rings. The van der Waals surface area contributed by atoms with E-state index in [1.54, 1.807) is 6.08 Å². The van der Waals surface area contributed by atoms with Gasteiger partial charge in [0.1, 0.15) is 0 Å². The lowest BCUT2D eigenvalue weighted by atomic mass is 9.97. The number of aliphatic hydroxyl groups is 1. The Morgan fingerprint density at radius 3 is 2.40 bits per heavy atom. The Kier molecular flexibility index (Phi) is 1.34. The van der Waals surface area contributed by atoms with Crippen molar-refractivity contribution in [2.45, 2.75) is 25.4 Å². The van der Waals surface area contributed by atoms with E-state index in [1.807, 2.05) is 0 Å². The minimum atomic E-state index is -0.229. The summed E-state index contributed by atoms with van der Waals surface area (Å²) in [6, 6.07) is 0. The quantitative estimate of drug-likeness (QED) is 0.574. The zero-order chi connectivity index (χ0) is 7.14. The zero-order valence-electron chi connectivity index (χ0n) is 6.16. The molecule has 2 rings (SSSR count). The molecule has 1 nitrogen and oxygen atoms in total. The fraction of sp³-hybridized carbons (Fsp3) is 0.778. The first-order valence-electron chi connectivity index (χ1n) is 4.12. The summed E-state index contributed by atoms with van der Waals surface area (Å²) in [5, 5.41) is 9.38. The topological polar surface area (TPSA) is 20.2 Å². The van der Waals surface area contributed by atoms with Crippen LogP contribution >= 0.6 is 0 Å². The lowest BCUT2D eigenvalue weighted by Gasteiger charge is -2.14. The molecule has 10 heavy (non-hydrogen) atoms. The molecule has 0 aromatic carbocycles. The van der Waals surface area contributed by atoms with E-state index in [-0.39, 0.29) is 6.10 Å². The molecular formula is C9H14O. The highest BCUT2D eigenvalue weighted by Crippen LogP contribution is 2.55. The molecule has 2 saturated carbocycles. The number of hydrogen-bond donors (Lipinski definition) is 1. The molecule has 2 aliphatic rings. The summed E-state index contributed by atoms with van der Waals surface area (Å²) in [6.45, 7) is 3.60. The van der Waals surface area contributed by atoms with Gasteiger partial charge in [0, 0.05) is 0 Å². The molecule has 0 saturated heterocycles. The Morgan fingerprint density at radius 1 is 1.30 bits per heavy atom. The summed E-state index contributed by atoms with van der Waals surface area (Å²) in [5.41, 5.74) is 0. The van der Waals surface area contributed by atoms with Crippen molar-refractivity contribution >= 4 is 0 Å². The fourth-order valence-corrected chi connectivity index (χ4v) is 2.23. The molecule has 3 unspecified atom stereocenters. The van der Waals surface area contributed by atoms with Gasteiger partial charge in [-0.2, -0.15) is 0 Å². The predicted octanol–water partition coefficient (Wildman–Crippen LogP) is 1.58. The third-order valence-electron chi connectivity index (χ3n) is 3.00. The Balaban J connectivity index is 1.90. The van der Waals surface area contributed by atoms with E-state index in [2.05, 4.69) is 6.58 Å². The molecule has 3 atom stereocenters. The maximum Gasteiger partial charge on any atom is 0.0746 e. The SMILES string of the molecule is C=CC(O)C1CC2CC2C1. The standard InChI is InChI=1S/C9H14O/c1-2-9(10)8-4-6-3-7(6)5-8/h2,6-10H,1,3-5H2. The molecule has 56 valence electrons. The maximum atomic E-state index is 9.38. The molecule has 0 radical (unpaired) electrons. The van der Waals surface area contributed by atoms with Crippen molar-refractivity contribution in [1.29, 1.82) is 0 Å². The molecule has 0 aliphatic heterocycles. The predicted molar refractivity (Wildman–Crippen MR) is 40.5 cm³/mol. The Morgan fingerprint density at radius 2 is 1.90 bits per heavy atom. The van der Waals surface area contributed by atoms with Crippen molar-refractivity contribution in [3.63, 3.8) is 0 Å². The van der Waals surface area contributed by atoms with E-state index in [4.69, 9.17) is 0 Å². The van der Waals surface area contributed by atoms with Gasteiger partial charge in [-0.25, -0.2) is 0 Å². The van der Waals surface area contributed by atoms with Crippen LogP contribution in [0.1, 0.15) is 19.3 Å². The molecule has 2 aliphatic carbocycles.